The first-order chi connectivity index (χ1) is 12.8. The number of nitrogens with one attached hydrogen (secondary N) is 3. The zero-order valence-electron chi connectivity index (χ0n) is 15.2. The van der Waals surface area contributed by atoms with Crippen LogP contribution < -0.4 is 16.0 Å². The van der Waals surface area contributed by atoms with E-state index in [1.165, 1.54) is 18.3 Å². The largest absolute Gasteiger partial charge is 0.356 e. The molecule has 1 atom stereocenters. The van der Waals surface area contributed by atoms with Crippen molar-refractivity contribution in [3.8, 4) is 0 Å². The molecule has 0 saturated carbocycles. The van der Waals surface area contributed by atoms with Crippen LogP contribution in [0.2, 0.25) is 0 Å². The molecule has 27 heavy (non-hydrogen) atoms. The lowest BCUT2D eigenvalue weighted by Gasteiger charge is -2.16. The molecule has 0 aliphatic rings. The summed E-state index contributed by atoms with van der Waals surface area (Å²) >= 11 is 4.86. The average Bonchev–Trinajstić information content (AvgIpc) is 3.11. The number of amides is 3. The molecule has 1 aromatic heterocycles. The number of carbonyl (C=O) groups is 3. The molecule has 2 rings (SSSR count). The summed E-state index contributed by atoms with van der Waals surface area (Å²) in [6, 6.07) is 9.05. The van der Waals surface area contributed by atoms with Crippen LogP contribution >= 0.6 is 27.3 Å². The molecular weight excluding hydrogens is 430 g/mol. The molecule has 3 N–H and O–H groups in total. The van der Waals surface area contributed by atoms with Crippen molar-refractivity contribution in [1.29, 1.82) is 0 Å². The van der Waals surface area contributed by atoms with Gasteiger partial charge >= 0.3 is 0 Å². The van der Waals surface area contributed by atoms with Crippen molar-refractivity contribution >= 4 is 50.7 Å². The maximum absolute atomic E-state index is 12.2. The maximum atomic E-state index is 12.2. The maximum Gasteiger partial charge on any atom is 0.226 e. The normalized spacial score (nSPS) is 11.5. The van der Waals surface area contributed by atoms with Crippen LogP contribution in [0.1, 0.15) is 36.2 Å². The molecule has 2 aromatic rings. The van der Waals surface area contributed by atoms with Gasteiger partial charge in [0.2, 0.25) is 17.7 Å². The number of halogens is 1. The fraction of sp³-hybridized carbons (Fsp3) is 0.316. The van der Waals surface area contributed by atoms with Crippen molar-refractivity contribution in [2.75, 3.05) is 11.9 Å². The van der Waals surface area contributed by atoms with Gasteiger partial charge in [-0.1, -0.05) is 28.1 Å². The van der Waals surface area contributed by atoms with Gasteiger partial charge in [-0.2, -0.15) is 0 Å². The van der Waals surface area contributed by atoms with Crippen LogP contribution in [0, 0.1) is 6.92 Å². The van der Waals surface area contributed by atoms with E-state index in [9.17, 15) is 14.4 Å². The highest BCUT2D eigenvalue weighted by atomic mass is 79.9. The number of carbonyl (C=O) groups excluding carboxylic acids is 3. The topological polar surface area (TPSA) is 87.3 Å². The van der Waals surface area contributed by atoms with Crippen molar-refractivity contribution in [2.45, 2.75) is 32.7 Å². The van der Waals surface area contributed by atoms with Crippen molar-refractivity contribution in [2.24, 2.45) is 0 Å². The Morgan fingerprint density at radius 1 is 1.19 bits per heavy atom. The molecule has 1 aromatic carbocycles. The van der Waals surface area contributed by atoms with Gasteiger partial charge < -0.3 is 16.0 Å². The zero-order chi connectivity index (χ0) is 19.8. The summed E-state index contributed by atoms with van der Waals surface area (Å²) in [6.07, 6.45) is 0.300. The number of benzene rings is 1. The number of hydrogen-bond donors (Lipinski definition) is 3. The van der Waals surface area contributed by atoms with Gasteiger partial charge in [0, 0.05) is 34.9 Å². The van der Waals surface area contributed by atoms with E-state index in [2.05, 4.69) is 31.9 Å². The van der Waals surface area contributed by atoms with E-state index in [0.29, 0.717) is 0 Å². The summed E-state index contributed by atoms with van der Waals surface area (Å²) in [5.74, 6) is -0.577. The van der Waals surface area contributed by atoms with E-state index in [1.807, 2.05) is 42.6 Å². The lowest BCUT2D eigenvalue weighted by Crippen LogP contribution is -2.33. The lowest BCUT2D eigenvalue weighted by atomic mass is 10.1. The van der Waals surface area contributed by atoms with Gasteiger partial charge in [0.05, 0.1) is 12.5 Å². The van der Waals surface area contributed by atoms with E-state index in [4.69, 9.17) is 0 Å². The van der Waals surface area contributed by atoms with Crippen LogP contribution in [-0.4, -0.2) is 24.3 Å². The van der Waals surface area contributed by atoms with Gasteiger partial charge in [0.1, 0.15) is 0 Å². The minimum absolute atomic E-state index is 0.131. The molecule has 0 fully saturated rings. The highest BCUT2D eigenvalue weighted by Gasteiger charge is 2.18. The monoisotopic (exact) mass is 451 g/mol. The summed E-state index contributed by atoms with van der Waals surface area (Å²) in [5.41, 5.74) is 1.70. The number of rotatable bonds is 8. The van der Waals surface area contributed by atoms with Gasteiger partial charge in [-0.15, -0.1) is 11.3 Å². The highest BCUT2D eigenvalue weighted by Crippen LogP contribution is 2.22. The minimum Gasteiger partial charge on any atom is -0.356 e. The summed E-state index contributed by atoms with van der Waals surface area (Å²) < 4.78 is 0.884. The van der Waals surface area contributed by atoms with Gasteiger partial charge in [-0.25, -0.2) is 0 Å². The van der Waals surface area contributed by atoms with E-state index < -0.39 is 0 Å². The second kappa shape index (κ2) is 10.2. The molecule has 0 bridgehead atoms. The Balaban J connectivity index is 1.80. The number of anilines is 1. The molecule has 1 unspecified atom stereocenters. The van der Waals surface area contributed by atoms with Gasteiger partial charge in [0.15, 0.2) is 0 Å². The Bertz CT molecular complexity index is 809. The minimum atomic E-state index is -0.361. The molecular formula is C19H22BrN3O3S. The van der Waals surface area contributed by atoms with Gasteiger partial charge in [0.25, 0.3) is 0 Å². The quantitative estimate of drug-likeness (QED) is 0.573. The molecule has 0 aliphatic heterocycles. The third-order valence-electron chi connectivity index (χ3n) is 3.80. The molecule has 8 heteroatoms. The predicted octanol–water partition coefficient (Wildman–Crippen LogP) is 3.53. The summed E-state index contributed by atoms with van der Waals surface area (Å²) in [7, 11) is 0. The number of aryl methyl sites for hydroxylation is 1. The number of hydrogen-bond acceptors (Lipinski definition) is 4. The van der Waals surface area contributed by atoms with Gasteiger partial charge in [-0.05, 0) is 36.1 Å². The molecule has 0 spiro atoms. The molecule has 6 nitrogen and oxygen atoms in total. The second-order valence-corrected chi connectivity index (χ2v) is 7.97. The molecule has 3 amide bonds. The van der Waals surface area contributed by atoms with E-state index in [1.54, 1.807) is 0 Å². The standard InChI is InChI=1S/C19H22BrN3O3S/c1-12-5-6-14(20)10-15(12)23-18(25)7-8-21-19(26)11-16(22-13(2)24)17-4-3-9-27-17/h3-6,9-10,16H,7-8,11H2,1-2H3,(H,21,26)(H,22,24)(H,23,25). The first-order valence-corrected chi connectivity index (χ1v) is 10.2. The highest BCUT2D eigenvalue weighted by molar-refractivity contribution is 9.10. The van der Waals surface area contributed by atoms with Crippen LogP contribution in [0.4, 0.5) is 5.69 Å². The van der Waals surface area contributed by atoms with Crippen molar-refractivity contribution in [3.63, 3.8) is 0 Å². The Kier molecular flexibility index (Phi) is 7.99. The van der Waals surface area contributed by atoms with Crippen molar-refractivity contribution in [3.05, 3.63) is 50.6 Å². The molecule has 0 radical (unpaired) electrons. The molecule has 144 valence electrons. The fourth-order valence-electron chi connectivity index (χ4n) is 2.47. The SMILES string of the molecule is CC(=O)NC(CC(=O)NCCC(=O)Nc1cc(Br)ccc1C)c1cccs1. The Labute approximate surface area is 170 Å². The van der Waals surface area contributed by atoms with Crippen LogP contribution in [-0.2, 0) is 14.4 Å². The Morgan fingerprint density at radius 3 is 2.63 bits per heavy atom. The van der Waals surface area contributed by atoms with E-state index in [0.717, 1.165) is 20.6 Å². The zero-order valence-corrected chi connectivity index (χ0v) is 17.6. The Hall–Kier alpha value is -2.19. The summed E-state index contributed by atoms with van der Waals surface area (Å²) in [6.45, 7) is 3.57. The van der Waals surface area contributed by atoms with Crippen LogP contribution in [0.3, 0.4) is 0 Å². The Morgan fingerprint density at radius 2 is 1.96 bits per heavy atom. The first-order valence-electron chi connectivity index (χ1n) is 8.48. The van der Waals surface area contributed by atoms with Crippen molar-refractivity contribution < 1.29 is 14.4 Å². The molecule has 1 heterocycles. The summed E-state index contributed by atoms with van der Waals surface area (Å²) in [4.78, 5) is 36.5. The molecule has 0 saturated heterocycles. The first kappa shape index (κ1) is 21.1. The lowest BCUT2D eigenvalue weighted by molar-refractivity contribution is -0.122. The predicted molar refractivity (Wildman–Crippen MR) is 111 cm³/mol. The van der Waals surface area contributed by atoms with Crippen molar-refractivity contribution in [1.82, 2.24) is 10.6 Å². The van der Waals surface area contributed by atoms with Crippen LogP contribution in [0.5, 0.6) is 0 Å². The van der Waals surface area contributed by atoms with Gasteiger partial charge in [-0.3, -0.25) is 14.4 Å². The smallest absolute Gasteiger partial charge is 0.226 e. The fourth-order valence-corrected chi connectivity index (χ4v) is 3.61. The average molecular weight is 452 g/mol. The molecule has 0 aliphatic carbocycles. The van der Waals surface area contributed by atoms with Crippen LogP contribution in [0.15, 0.2) is 40.2 Å². The third kappa shape index (κ3) is 7.15. The third-order valence-corrected chi connectivity index (χ3v) is 5.28. The second-order valence-electron chi connectivity index (χ2n) is 6.08. The van der Waals surface area contributed by atoms with E-state index in [-0.39, 0.29) is 43.1 Å². The number of thiophene rings is 1. The summed E-state index contributed by atoms with van der Waals surface area (Å²) in [5, 5.41) is 10.3. The van der Waals surface area contributed by atoms with Crippen LogP contribution in [0.25, 0.3) is 0 Å². The van der Waals surface area contributed by atoms with E-state index >= 15 is 0 Å².